The molecule has 0 saturated carbocycles. The molecule has 2 atom stereocenters. The number of fused-ring (bicyclic) bond motifs is 1. The Labute approximate surface area is 136 Å². The largest absolute Gasteiger partial charge is 0.352 e. The molecular formula is C20H32O2. The Morgan fingerprint density at radius 1 is 0.864 bits per heavy atom. The van der Waals surface area contributed by atoms with Gasteiger partial charge in [0.2, 0.25) is 0 Å². The predicted molar refractivity (Wildman–Crippen MR) is 92.3 cm³/mol. The van der Waals surface area contributed by atoms with Crippen LogP contribution in [0.15, 0.2) is 12.1 Å². The van der Waals surface area contributed by atoms with E-state index in [2.05, 4.69) is 60.6 Å². The van der Waals surface area contributed by atoms with Crippen molar-refractivity contribution in [2.45, 2.75) is 65.6 Å². The zero-order chi connectivity index (χ0) is 16.9. The number of ether oxygens (including phenoxy) is 2. The molecular weight excluding hydrogens is 272 g/mol. The average molecular weight is 304 g/mol. The van der Waals surface area contributed by atoms with Crippen molar-refractivity contribution >= 4 is 0 Å². The van der Waals surface area contributed by atoms with Crippen molar-refractivity contribution in [3.05, 3.63) is 34.4 Å². The van der Waals surface area contributed by atoms with Crippen LogP contribution < -0.4 is 0 Å². The highest BCUT2D eigenvalue weighted by Crippen LogP contribution is 2.53. The molecule has 0 aromatic heterocycles. The maximum absolute atomic E-state index is 5.50. The lowest BCUT2D eigenvalue weighted by Gasteiger charge is -2.51. The SMILES string of the molecule is COC(OC)c1cc2c(cc1C)C(C)(C)[C@H](C)[C@@H](C)C2(C)C. The molecule has 1 aliphatic carbocycles. The molecule has 22 heavy (non-hydrogen) atoms. The summed E-state index contributed by atoms with van der Waals surface area (Å²) in [6.45, 7) is 16.4. The maximum Gasteiger partial charge on any atom is 0.183 e. The van der Waals surface area contributed by atoms with Crippen molar-refractivity contribution in [1.82, 2.24) is 0 Å². The van der Waals surface area contributed by atoms with Crippen molar-refractivity contribution in [3.63, 3.8) is 0 Å². The summed E-state index contributed by atoms with van der Waals surface area (Å²) < 4.78 is 11.0. The van der Waals surface area contributed by atoms with Crippen LogP contribution in [-0.2, 0) is 20.3 Å². The lowest BCUT2D eigenvalue weighted by Crippen LogP contribution is -2.47. The van der Waals surface area contributed by atoms with E-state index in [0.29, 0.717) is 11.8 Å². The first-order valence-corrected chi connectivity index (χ1v) is 8.30. The summed E-state index contributed by atoms with van der Waals surface area (Å²) >= 11 is 0. The van der Waals surface area contributed by atoms with Crippen LogP contribution in [0.3, 0.4) is 0 Å². The van der Waals surface area contributed by atoms with Gasteiger partial charge in [0.25, 0.3) is 0 Å². The number of methoxy groups -OCH3 is 2. The van der Waals surface area contributed by atoms with Crippen molar-refractivity contribution in [2.75, 3.05) is 14.2 Å². The van der Waals surface area contributed by atoms with Crippen LogP contribution in [0.4, 0.5) is 0 Å². The van der Waals surface area contributed by atoms with Crippen LogP contribution in [0.2, 0.25) is 0 Å². The van der Waals surface area contributed by atoms with E-state index in [0.717, 1.165) is 5.56 Å². The van der Waals surface area contributed by atoms with E-state index < -0.39 is 0 Å². The quantitative estimate of drug-likeness (QED) is 0.721. The van der Waals surface area contributed by atoms with Gasteiger partial charge in [-0.3, -0.25) is 0 Å². The van der Waals surface area contributed by atoms with E-state index >= 15 is 0 Å². The molecule has 0 radical (unpaired) electrons. The molecule has 0 N–H and O–H groups in total. The molecule has 0 aliphatic heterocycles. The van der Waals surface area contributed by atoms with Crippen LogP contribution in [0, 0.1) is 18.8 Å². The highest BCUT2D eigenvalue weighted by Gasteiger charge is 2.47. The molecule has 0 bridgehead atoms. The van der Waals surface area contributed by atoms with E-state index in [1.54, 1.807) is 14.2 Å². The maximum atomic E-state index is 5.50. The number of hydrogen-bond donors (Lipinski definition) is 0. The molecule has 1 aliphatic rings. The normalized spacial score (nSPS) is 26.1. The summed E-state index contributed by atoms with van der Waals surface area (Å²) in [6.07, 6.45) is -0.293. The highest BCUT2D eigenvalue weighted by molar-refractivity contribution is 5.48. The summed E-state index contributed by atoms with van der Waals surface area (Å²) in [5, 5.41) is 0. The van der Waals surface area contributed by atoms with Crippen molar-refractivity contribution in [1.29, 1.82) is 0 Å². The van der Waals surface area contributed by atoms with Gasteiger partial charge in [-0.1, -0.05) is 47.6 Å². The highest BCUT2D eigenvalue weighted by atomic mass is 16.7. The molecule has 2 rings (SSSR count). The molecule has 1 aromatic carbocycles. The molecule has 0 amide bonds. The predicted octanol–water partition coefficient (Wildman–Crippen LogP) is 5.13. The Morgan fingerprint density at radius 3 is 1.68 bits per heavy atom. The minimum atomic E-state index is -0.293. The topological polar surface area (TPSA) is 18.5 Å². The summed E-state index contributed by atoms with van der Waals surface area (Å²) in [5.41, 5.74) is 5.66. The third kappa shape index (κ3) is 2.41. The monoisotopic (exact) mass is 304 g/mol. The first-order chi connectivity index (χ1) is 10.1. The molecule has 2 nitrogen and oxygen atoms in total. The number of rotatable bonds is 3. The lowest BCUT2D eigenvalue weighted by molar-refractivity contribution is -0.106. The van der Waals surface area contributed by atoms with Gasteiger partial charge in [-0.05, 0) is 52.3 Å². The van der Waals surface area contributed by atoms with Gasteiger partial charge in [-0.15, -0.1) is 0 Å². The zero-order valence-corrected chi connectivity index (χ0v) is 15.7. The summed E-state index contributed by atoms with van der Waals surface area (Å²) in [6, 6.07) is 4.69. The summed E-state index contributed by atoms with van der Waals surface area (Å²) in [5.74, 6) is 1.26. The van der Waals surface area contributed by atoms with Gasteiger partial charge >= 0.3 is 0 Å². The van der Waals surface area contributed by atoms with Gasteiger partial charge in [0.05, 0.1) is 0 Å². The Bertz CT molecular complexity index is 553. The molecule has 1 aromatic rings. The summed E-state index contributed by atoms with van der Waals surface area (Å²) in [7, 11) is 3.40. The molecule has 124 valence electrons. The fourth-order valence-corrected chi connectivity index (χ4v) is 4.14. The van der Waals surface area contributed by atoms with Gasteiger partial charge in [-0.2, -0.15) is 0 Å². The molecule has 0 spiro atoms. The third-order valence-corrected chi connectivity index (χ3v) is 6.50. The van der Waals surface area contributed by atoms with E-state index in [9.17, 15) is 0 Å². The Morgan fingerprint density at radius 2 is 1.27 bits per heavy atom. The Hall–Kier alpha value is -0.860. The molecule has 2 heteroatoms. The Balaban J connectivity index is 2.72. The molecule has 0 heterocycles. The van der Waals surface area contributed by atoms with Gasteiger partial charge in [0.15, 0.2) is 6.29 Å². The van der Waals surface area contributed by atoms with Crippen molar-refractivity contribution < 1.29 is 9.47 Å². The van der Waals surface area contributed by atoms with Gasteiger partial charge in [0.1, 0.15) is 0 Å². The van der Waals surface area contributed by atoms with E-state index in [4.69, 9.17) is 9.47 Å². The van der Waals surface area contributed by atoms with Crippen LogP contribution in [0.25, 0.3) is 0 Å². The fraction of sp³-hybridized carbons (Fsp3) is 0.700. The van der Waals surface area contributed by atoms with Crippen LogP contribution in [0.5, 0.6) is 0 Å². The number of hydrogen-bond acceptors (Lipinski definition) is 2. The minimum Gasteiger partial charge on any atom is -0.352 e. The zero-order valence-electron chi connectivity index (χ0n) is 15.7. The van der Waals surface area contributed by atoms with Crippen molar-refractivity contribution in [3.8, 4) is 0 Å². The van der Waals surface area contributed by atoms with Gasteiger partial charge in [0, 0.05) is 19.8 Å². The smallest absolute Gasteiger partial charge is 0.183 e. The fourth-order valence-electron chi connectivity index (χ4n) is 4.14. The van der Waals surface area contributed by atoms with Crippen molar-refractivity contribution in [2.24, 2.45) is 11.8 Å². The van der Waals surface area contributed by atoms with Crippen LogP contribution in [-0.4, -0.2) is 14.2 Å². The van der Waals surface area contributed by atoms with Gasteiger partial charge < -0.3 is 9.47 Å². The third-order valence-electron chi connectivity index (χ3n) is 6.50. The van der Waals surface area contributed by atoms with E-state index in [-0.39, 0.29) is 17.1 Å². The summed E-state index contributed by atoms with van der Waals surface area (Å²) in [4.78, 5) is 0. The minimum absolute atomic E-state index is 0.152. The number of aryl methyl sites for hydroxylation is 1. The van der Waals surface area contributed by atoms with E-state index in [1.165, 1.54) is 16.7 Å². The molecule has 0 saturated heterocycles. The molecule has 0 fully saturated rings. The van der Waals surface area contributed by atoms with Crippen LogP contribution >= 0.6 is 0 Å². The van der Waals surface area contributed by atoms with Gasteiger partial charge in [-0.25, -0.2) is 0 Å². The molecule has 0 unspecified atom stereocenters. The second-order valence-electron chi connectivity index (χ2n) is 8.08. The lowest BCUT2D eigenvalue weighted by atomic mass is 9.53. The average Bonchev–Trinajstić information content (AvgIpc) is 2.46. The second-order valence-corrected chi connectivity index (χ2v) is 8.08. The Kier molecular flexibility index (Phi) is 4.49. The van der Waals surface area contributed by atoms with E-state index in [1.807, 2.05) is 0 Å². The first kappa shape index (κ1) is 17.5. The second kappa shape index (κ2) is 5.65. The number of benzene rings is 1. The van der Waals surface area contributed by atoms with Crippen LogP contribution in [0.1, 0.15) is 70.1 Å². The standard InChI is InChI=1S/C20H32O2/c1-12-10-16-17(11-15(12)18(21-8)22-9)20(6,7)14(3)13(2)19(16,4)5/h10-11,13-14,18H,1-9H3/t13-,14-/m1/s1. The first-order valence-electron chi connectivity index (χ1n) is 8.30.